The molecule has 16 heavy (non-hydrogen) atoms. The largest absolute Gasteiger partial charge is 0.507 e. The van der Waals surface area contributed by atoms with E-state index in [0.717, 1.165) is 3.57 Å². The second kappa shape index (κ2) is 4.52. The normalized spacial score (nSPS) is 10.1. The van der Waals surface area contributed by atoms with Gasteiger partial charge in [-0.25, -0.2) is 0 Å². The summed E-state index contributed by atoms with van der Waals surface area (Å²) in [6.45, 7) is 0. The lowest BCUT2D eigenvalue weighted by Gasteiger charge is -2.04. The Morgan fingerprint density at radius 2 is 2.25 bits per heavy atom. The summed E-state index contributed by atoms with van der Waals surface area (Å²) >= 11 is 2.06. The molecule has 0 spiro atoms. The number of carbonyl (C=O) groups is 1. The van der Waals surface area contributed by atoms with Gasteiger partial charge in [0.15, 0.2) is 5.82 Å². The first-order chi connectivity index (χ1) is 7.66. The van der Waals surface area contributed by atoms with Crippen molar-refractivity contribution in [2.24, 2.45) is 0 Å². The summed E-state index contributed by atoms with van der Waals surface area (Å²) in [6.07, 6.45) is 1.35. The van der Waals surface area contributed by atoms with Crippen LogP contribution in [0.25, 0.3) is 0 Å². The van der Waals surface area contributed by atoms with Gasteiger partial charge in [-0.1, -0.05) is 5.16 Å². The van der Waals surface area contributed by atoms with Gasteiger partial charge >= 0.3 is 0 Å². The number of nitrogens with zero attached hydrogens (tertiary/aromatic N) is 1. The van der Waals surface area contributed by atoms with E-state index in [2.05, 4.69) is 37.6 Å². The predicted octanol–water partition coefficient (Wildman–Crippen LogP) is 2.24. The maximum Gasteiger partial charge on any atom is 0.260 e. The molecule has 0 saturated heterocycles. The van der Waals surface area contributed by atoms with Gasteiger partial charge in [-0.05, 0) is 40.8 Å². The maximum atomic E-state index is 11.7. The van der Waals surface area contributed by atoms with Gasteiger partial charge < -0.3 is 14.9 Å². The Hall–Kier alpha value is -1.57. The molecule has 2 rings (SSSR count). The van der Waals surface area contributed by atoms with Gasteiger partial charge in [0.25, 0.3) is 5.91 Å². The molecule has 1 aromatic carbocycles. The third-order valence-corrected chi connectivity index (χ3v) is 2.55. The van der Waals surface area contributed by atoms with Crippen molar-refractivity contribution in [3.8, 4) is 5.75 Å². The lowest BCUT2D eigenvalue weighted by molar-refractivity contribution is 0.102. The van der Waals surface area contributed by atoms with Crippen molar-refractivity contribution in [3.05, 3.63) is 39.7 Å². The third-order valence-electron chi connectivity index (χ3n) is 1.88. The summed E-state index contributed by atoms with van der Waals surface area (Å²) in [6, 6.07) is 6.29. The first-order valence-corrected chi connectivity index (χ1v) is 5.45. The summed E-state index contributed by atoms with van der Waals surface area (Å²) in [4.78, 5) is 11.7. The van der Waals surface area contributed by atoms with Gasteiger partial charge in [-0.2, -0.15) is 0 Å². The van der Waals surface area contributed by atoms with Crippen molar-refractivity contribution in [1.29, 1.82) is 0 Å². The van der Waals surface area contributed by atoms with Crippen LogP contribution in [0, 0.1) is 3.57 Å². The van der Waals surface area contributed by atoms with E-state index in [1.807, 2.05) is 0 Å². The van der Waals surface area contributed by atoms with Crippen LogP contribution in [0.3, 0.4) is 0 Å². The van der Waals surface area contributed by atoms with Gasteiger partial charge in [-0.15, -0.1) is 0 Å². The van der Waals surface area contributed by atoms with Crippen LogP contribution >= 0.6 is 22.6 Å². The molecular formula is C10H7IN2O3. The number of hydrogen-bond acceptors (Lipinski definition) is 4. The molecule has 1 amide bonds. The molecule has 1 aromatic heterocycles. The Bertz CT molecular complexity index is 511. The number of rotatable bonds is 2. The molecule has 1 heterocycles. The minimum Gasteiger partial charge on any atom is -0.507 e. The fraction of sp³-hybridized carbons (Fsp3) is 0. The van der Waals surface area contributed by atoms with E-state index >= 15 is 0 Å². The first kappa shape index (κ1) is 10.9. The molecule has 5 nitrogen and oxygen atoms in total. The summed E-state index contributed by atoms with van der Waals surface area (Å²) in [5.41, 5.74) is 0.204. The van der Waals surface area contributed by atoms with Crippen molar-refractivity contribution in [2.75, 3.05) is 5.32 Å². The number of benzene rings is 1. The van der Waals surface area contributed by atoms with E-state index in [1.165, 1.54) is 18.4 Å². The molecule has 0 aliphatic rings. The monoisotopic (exact) mass is 330 g/mol. The number of phenols is 1. The van der Waals surface area contributed by atoms with Crippen molar-refractivity contribution in [1.82, 2.24) is 5.16 Å². The van der Waals surface area contributed by atoms with Gasteiger partial charge in [0.2, 0.25) is 0 Å². The summed E-state index contributed by atoms with van der Waals surface area (Å²) < 4.78 is 5.44. The molecule has 2 aromatic rings. The van der Waals surface area contributed by atoms with Crippen LogP contribution in [0.1, 0.15) is 10.4 Å². The number of nitrogens with one attached hydrogen (secondary N) is 1. The van der Waals surface area contributed by atoms with Gasteiger partial charge in [0, 0.05) is 9.64 Å². The highest BCUT2D eigenvalue weighted by Crippen LogP contribution is 2.20. The zero-order chi connectivity index (χ0) is 11.5. The number of hydrogen-bond donors (Lipinski definition) is 2. The average Bonchev–Trinajstić information content (AvgIpc) is 2.74. The van der Waals surface area contributed by atoms with Gasteiger partial charge in [0.05, 0.1) is 5.56 Å². The van der Waals surface area contributed by atoms with Crippen LogP contribution < -0.4 is 5.32 Å². The highest BCUT2D eigenvalue weighted by Gasteiger charge is 2.12. The quantitative estimate of drug-likeness (QED) is 0.828. The molecule has 0 aliphatic heterocycles. The molecule has 0 radical (unpaired) electrons. The molecular weight excluding hydrogens is 323 g/mol. The number of aromatic nitrogens is 1. The number of carbonyl (C=O) groups excluding carboxylic acids is 1. The van der Waals surface area contributed by atoms with E-state index in [0.29, 0.717) is 5.82 Å². The Balaban J connectivity index is 2.24. The summed E-state index contributed by atoms with van der Waals surface area (Å²) in [5, 5.41) is 15.6. The lowest BCUT2D eigenvalue weighted by Crippen LogP contribution is -2.12. The molecule has 0 bridgehead atoms. The van der Waals surface area contributed by atoms with Crippen molar-refractivity contribution >= 4 is 34.3 Å². The minimum absolute atomic E-state index is 0.0681. The van der Waals surface area contributed by atoms with Crippen LogP contribution in [-0.2, 0) is 0 Å². The number of aromatic hydroxyl groups is 1. The third kappa shape index (κ3) is 2.32. The van der Waals surface area contributed by atoms with Crippen molar-refractivity contribution in [3.63, 3.8) is 0 Å². The number of amides is 1. The topological polar surface area (TPSA) is 75.4 Å². The van der Waals surface area contributed by atoms with Gasteiger partial charge in [0.1, 0.15) is 12.0 Å². The highest BCUT2D eigenvalue weighted by atomic mass is 127. The van der Waals surface area contributed by atoms with E-state index < -0.39 is 5.91 Å². The fourth-order valence-electron chi connectivity index (χ4n) is 1.15. The second-order valence-electron chi connectivity index (χ2n) is 3.00. The fourth-order valence-corrected chi connectivity index (χ4v) is 1.64. The average molecular weight is 330 g/mol. The molecule has 0 aliphatic carbocycles. The number of phenolic OH excluding ortho intramolecular Hbond substituents is 1. The maximum absolute atomic E-state index is 11.7. The summed E-state index contributed by atoms with van der Waals surface area (Å²) in [5.74, 6) is -0.186. The molecule has 0 fully saturated rings. The van der Waals surface area contributed by atoms with Crippen LogP contribution in [0.15, 0.2) is 35.1 Å². The Kier molecular flexibility index (Phi) is 3.09. The van der Waals surface area contributed by atoms with E-state index in [4.69, 9.17) is 0 Å². The first-order valence-electron chi connectivity index (χ1n) is 4.37. The van der Waals surface area contributed by atoms with Crippen LogP contribution in [0.2, 0.25) is 0 Å². The van der Waals surface area contributed by atoms with Gasteiger partial charge in [-0.3, -0.25) is 4.79 Å². The number of anilines is 1. The molecule has 0 saturated carbocycles. The standard InChI is InChI=1S/C10H7IN2O3/c11-6-1-2-8(14)7(5-6)10(15)12-9-3-4-16-13-9/h1-5,14H,(H,12,13,15). The zero-order valence-electron chi connectivity index (χ0n) is 7.98. The molecule has 0 atom stereocenters. The Morgan fingerprint density at radius 3 is 2.94 bits per heavy atom. The van der Waals surface area contributed by atoms with E-state index in [9.17, 15) is 9.90 Å². The lowest BCUT2D eigenvalue weighted by atomic mass is 10.2. The number of halogens is 1. The van der Waals surface area contributed by atoms with Crippen LogP contribution in [-0.4, -0.2) is 16.2 Å². The SMILES string of the molecule is O=C(Nc1ccon1)c1cc(I)ccc1O. The second-order valence-corrected chi connectivity index (χ2v) is 4.25. The van der Waals surface area contributed by atoms with Crippen molar-refractivity contribution < 1.29 is 14.4 Å². The van der Waals surface area contributed by atoms with E-state index in [-0.39, 0.29) is 11.3 Å². The van der Waals surface area contributed by atoms with Crippen molar-refractivity contribution in [2.45, 2.75) is 0 Å². The van der Waals surface area contributed by atoms with E-state index in [1.54, 1.807) is 12.1 Å². The van der Waals surface area contributed by atoms with Crippen LogP contribution in [0.5, 0.6) is 5.75 Å². The Labute approximate surface area is 105 Å². The zero-order valence-corrected chi connectivity index (χ0v) is 10.1. The predicted molar refractivity (Wildman–Crippen MR) is 65.3 cm³/mol. The molecule has 0 unspecified atom stereocenters. The van der Waals surface area contributed by atoms with Crippen LogP contribution in [0.4, 0.5) is 5.82 Å². The molecule has 2 N–H and O–H groups in total. The smallest absolute Gasteiger partial charge is 0.260 e. The molecule has 82 valence electrons. The molecule has 6 heteroatoms. The minimum atomic E-state index is -0.426. The highest BCUT2D eigenvalue weighted by molar-refractivity contribution is 14.1. The summed E-state index contributed by atoms with van der Waals surface area (Å²) in [7, 11) is 0. The Morgan fingerprint density at radius 1 is 1.44 bits per heavy atom.